The van der Waals surface area contributed by atoms with Gasteiger partial charge < -0.3 is 9.47 Å². The molecular weight excluding hydrogens is 352 g/mol. The molecule has 4 nitrogen and oxygen atoms in total. The lowest BCUT2D eigenvalue weighted by molar-refractivity contribution is -0.144. The molecule has 158 valence electrons. The molecule has 2 atom stereocenters. The first-order chi connectivity index (χ1) is 13.2. The summed E-state index contributed by atoms with van der Waals surface area (Å²) in [5.41, 5.74) is 2.49. The van der Waals surface area contributed by atoms with Gasteiger partial charge in [0, 0.05) is 0 Å². The van der Waals surface area contributed by atoms with Gasteiger partial charge >= 0.3 is 11.9 Å². The number of carbonyl (C=O) groups is 2. The Hall–Kier alpha value is -2.10. The van der Waals surface area contributed by atoms with Crippen LogP contribution in [0.4, 0.5) is 0 Å². The van der Waals surface area contributed by atoms with Crippen LogP contribution in [-0.2, 0) is 19.1 Å². The van der Waals surface area contributed by atoms with Gasteiger partial charge in [-0.3, -0.25) is 9.59 Å². The Bertz CT molecular complexity index is 565. The lowest BCUT2D eigenvalue weighted by Gasteiger charge is -2.06. The number of carbonyl (C=O) groups excluding carboxylic acids is 2. The second kappa shape index (κ2) is 15.9. The van der Waals surface area contributed by atoms with Crippen LogP contribution >= 0.6 is 0 Å². The van der Waals surface area contributed by atoms with Crippen molar-refractivity contribution < 1.29 is 19.1 Å². The standard InChI is InChI=1S/C24H38O4/c1-19(2)9-7-11-21(5)15-17-27-23(25)13-14-24(26)28-18-16-22(6)12-8-10-20(3)4/h10,15-18,21-22H,1,7-9,11-14H2,2-6H3. The SMILES string of the molecule is C=C(C)CCCC(C)C=COC(=O)CCC(=O)OC=CC(C)CCC=C(C)C. The molecule has 0 N–H and O–H groups in total. The number of esters is 2. The number of ether oxygens (including phenoxy) is 2. The topological polar surface area (TPSA) is 52.6 Å². The summed E-state index contributed by atoms with van der Waals surface area (Å²) >= 11 is 0. The van der Waals surface area contributed by atoms with Crippen molar-refractivity contribution in [1.29, 1.82) is 0 Å². The zero-order valence-corrected chi connectivity index (χ0v) is 18.3. The van der Waals surface area contributed by atoms with Crippen LogP contribution in [0.15, 0.2) is 48.5 Å². The fourth-order valence-electron chi connectivity index (χ4n) is 2.37. The van der Waals surface area contributed by atoms with Crippen LogP contribution in [0.3, 0.4) is 0 Å². The lowest BCUT2D eigenvalue weighted by atomic mass is 10.0. The molecule has 0 aromatic rings. The monoisotopic (exact) mass is 390 g/mol. The largest absolute Gasteiger partial charge is 0.435 e. The molecule has 2 unspecified atom stereocenters. The van der Waals surface area contributed by atoms with E-state index >= 15 is 0 Å². The minimum absolute atomic E-state index is 0.0111. The van der Waals surface area contributed by atoms with Crippen molar-refractivity contribution in [1.82, 2.24) is 0 Å². The Morgan fingerprint density at radius 1 is 0.857 bits per heavy atom. The average Bonchev–Trinajstić information content (AvgIpc) is 2.59. The number of hydrogen-bond donors (Lipinski definition) is 0. The third kappa shape index (κ3) is 17.3. The highest BCUT2D eigenvalue weighted by Crippen LogP contribution is 2.12. The highest BCUT2D eigenvalue weighted by molar-refractivity contribution is 5.78. The summed E-state index contributed by atoms with van der Waals surface area (Å²) in [6, 6.07) is 0. The molecule has 0 fully saturated rings. The molecule has 0 bridgehead atoms. The Morgan fingerprint density at radius 2 is 1.36 bits per heavy atom. The van der Waals surface area contributed by atoms with E-state index in [1.807, 2.05) is 19.1 Å². The summed E-state index contributed by atoms with van der Waals surface area (Å²) in [6.07, 6.45) is 13.9. The molecule has 0 aliphatic carbocycles. The summed E-state index contributed by atoms with van der Waals surface area (Å²) in [5.74, 6) is -0.194. The molecule has 28 heavy (non-hydrogen) atoms. The maximum Gasteiger partial charge on any atom is 0.311 e. The van der Waals surface area contributed by atoms with Crippen LogP contribution in [0.2, 0.25) is 0 Å². The van der Waals surface area contributed by atoms with E-state index in [4.69, 9.17) is 9.47 Å². The zero-order chi connectivity index (χ0) is 21.4. The molecule has 0 aliphatic heterocycles. The maximum atomic E-state index is 11.7. The van der Waals surface area contributed by atoms with E-state index in [1.54, 1.807) is 0 Å². The predicted octanol–water partition coefficient (Wildman–Crippen LogP) is 6.65. The number of rotatable bonds is 14. The molecule has 0 heterocycles. The van der Waals surface area contributed by atoms with Gasteiger partial charge in [-0.15, -0.1) is 6.58 Å². The van der Waals surface area contributed by atoms with E-state index < -0.39 is 11.9 Å². The number of hydrogen-bond acceptors (Lipinski definition) is 4. The van der Waals surface area contributed by atoms with Gasteiger partial charge in [0.25, 0.3) is 0 Å². The summed E-state index contributed by atoms with van der Waals surface area (Å²) in [6.45, 7) is 14.2. The van der Waals surface area contributed by atoms with Crippen molar-refractivity contribution in [2.24, 2.45) is 11.8 Å². The van der Waals surface area contributed by atoms with Crippen LogP contribution < -0.4 is 0 Å². The van der Waals surface area contributed by atoms with E-state index in [9.17, 15) is 9.59 Å². The minimum atomic E-state index is -0.429. The first-order valence-electron chi connectivity index (χ1n) is 10.2. The van der Waals surface area contributed by atoms with Crippen LogP contribution in [-0.4, -0.2) is 11.9 Å². The minimum Gasteiger partial charge on any atom is -0.435 e. The summed E-state index contributed by atoms with van der Waals surface area (Å²) < 4.78 is 10.1. The van der Waals surface area contributed by atoms with Crippen molar-refractivity contribution in [3.05, 3.63) is 48.5 Å². The lowest BCUT2D eigenvalue weighted by Crippen LogP contribution is -2.06. The van der Waals surface area contributed by atoms with Crippen LogP contribution in [0, 0.1) is 11.8 Å². The fourth-order valence-corrected chi connectivity index (χ4v) is 2.37. The van der Waals surface area contributed by atoms with Crippen LogP contribution in [0.25, 0.3) is 0 Å². The van der Waals surface area contributed by atoms with E-state index in [1.165, 1.54) is 23.7 Å². The van der Waals surface area contributed by atoms with Gasteiger partial charge in [0.2, 0.25) is 0 Å². The molecule has 0 amide bonds. The third-order valence-corrected chi connectivity index (χ3v) is 4.18. The predicted molar refractivity (Wildman–Crippen MR) is 115 cm³/mol. The van der Waals surface area contributed by atoms with Crippen LogP contribution in [0.1, 0.15) is 79.6 Å². The maximum absolute atomic E-state index is 11.7. The molecular formula is C24H38O4. The van der Waals surface area contributed by atoms with Gasteiger partial charge in [-0.1, -0.05) is 31.1 Å². The molecule has 0 spiro atoms. The molecule has 4 heteroatoms. The van der Waals surface area contributed by atoms with Gasteiger partial charge in [0.1, 0.15) is 0 Å². The molecule has 0 rings (SSSR count). The van der Waals surface area contributed by atoms with Gasteiger partial charge in [-0.2, -0.15) is 0 Å². The van der Waals surface area contributed by atoms with Crippen molar-refractivity contribution in [2.45, 2.75) is 79.6 Å². The van der Waals surface area contributed by atoms with Crippen molar-refractivity contribution in [3.8, 4) is 0 Å². The third-order valence-electron chi connectivity index (χ3n) is 4.18. The summed E-state index contributed by atoms with van der Waals surface area (Å²) in [7, 11) is 0. The smallest absolute Gasteiger partial charge is 0.311 e. The van der Waals surface area contributed by atoms with Crippen molar-refractivity contribution in [2.75, 3.05) is 0 Å². The van der Waals surface area contributed by atoms with E-state index in [-0.39, 0.29) is 12.8 Å². The van der Waals surface area contributed by atoms with Crippen molar-refractivity contribution >= 4 is 11.9 Å². The van der Waals surface area contributed by atoms with E-state index in [0.29, 0.717) is 11.8 Å². The Kier molecular flexibility index (Phi) is 14.7. The first-order valence-corrected chi connectivity index (χ1v) is 10.2. The van der Waals surface area contributed by atoms with E-state index in [0.717, 1.165) is 32.1 Å². The highest BCUT2D eigenvalue weighted by Gasteiger charge is 2.08. The molecule has 0 saturated heterocycles. The molecule has 0 radical (unpaired) electrons. The second-order valence-corrected chi connectivity index (χ2v) is 7.80. The van der Waals surface area contributed by atoms with Gasteiger partial charge in [-0.05, 0) is 76.9 Å². The Balaban J connectivity index is 3.92. The molecule has 0 aliphatic rings. The normalized spacial score (nSPS) is 13.3. The fraction of sp³-hybridized carbons (Fsp3) is 0.583. The van der Waals surface area contributed by atoms with Gasteiger partial charge in [0.05, 0.1) is 25.4 Å². The van der Waals surface area contributed by atoms with Crippen LogP contribution in [0.5, 0.6) is 0 Å². The van der Waals surface area contributed by atoms with Gasteiger partial charge in [-0.25, -0.2) is 0 Å². The Labute approximate surface area is 171 Å². The quantitative estimate of drug-likeness (QED) is 0.189. The molecule has 0 aromatic carbocycles. The molecule has 0 saturated carbocycles. The zero-order valence-electron chi connectivity index (χ0n) is 18.3. The number of allylic oxidation sites excluding steroid dienone is 5. The summed E-state index contributed by atoms with van der Waals surface area (Å²) in [4.78, 5) is 23.3. The first kappa shape index (κ1) is 25.9. The van der Waals surface area contributed by atoms with Crippen molar-refractivity contribution in [3.63, 3.8) is 0 Å². The highest BCUT2D eigenvalue weighted by atomic mass is 16.5. The second-order valence-electron chi connectivity index (χ2n) is 7.80. The van der Waals surface area contributed by atoms with E-state index in [2.05, 4.69) is 40.3 Å². The summed E-state index contributed by atoms with van der Waals surface area (Å²) in [5, 5.41) is 0. The average molecular weight is 391 g/mol. The molecule has 0 aromatic heterocycles. The Morgan fingerprint density at radius 3 is 1.82 bits per heavy atom. The van der Waals surface area contributed by atoms with Gasteiger partial charge in [0.15, 0.2) is 0 Å².